The Hall–Kier alpha value is -1.30. The molecule has 2 amide bonds. The molecule has 0 aromatic heterocycles. The third-order valence-corrected chi connectivity index (χ3v) is 3.56. The van der Waals surface area contributed by atoms with Crippen molar-refractivity contribution in [2.45, 2.75) is 58.0 Å². The van der Waals surface area contributed by atoms with Crippen LogP contribution in [0.5, 0.6) is 0 Å². The number of amides is 2. The van der Waals surface area contributed by atoms with Gasteiger partial charge in [-0.25, -0.2) is 9.59 Å². The van der Waals surface area contributed by atoms with Crippen LogP contribution in [-0.4, -0.2) is 40.9 Å². The van der Waals surface area contributed by atoms with Crippen LogP contribution >= 0.6 is 0 Å². The first-order valence-corrected chi connectivity index (χ1v) is 6.75. The third-order valence-electron chi connectivity index (χ3n) is 3.56. The molecule has 110 valence electrons. The van der Waals surface area contributed by atoms with Crippen LogP contribution in [0.3, 0.4) is 0 Å². The monoisotopic (exact) mass is 272 g/mol. The maximum absolute atomic E-state index is 11.7. The Morgan fingerprint density at radius 2 is 2.11 bits per heavy atom. The number of urea groups is 1. The molecular formula is C13H24N2O4. The van der Waals surface area contributed by atoms with Gasteiger partial charge in [-0.3, -0.25) is 0 Å². The molecule has 6 nitrogen and oxygen atoms in total. The zero-order valence-corrected chi connectivity index (χ0v) is 11.6. The van der Waals surface area contributed by atoms with Gasteiger partial charge in [-0.05, 0) is 24.7 Å². The average Bonchev–Trinajstić information content (AvgIpc) is 2.26. The molecule has 1 aliphatic rings. The van der Waals surface area contributed by atoms with Crippen molar-refractivity contribution in [1.29, 1.82) is 0 Å². The number of carbonyl (C=O) groups is 2. The quantitative estimate of drug-likeness (QED) is 0.602. The molecule has 1 rings (SSSR count). The Balaban J connectivity index is 2.43. The molecule has 0 aliphatic heterocycles. The fraction of sp³-hybridized carbons (Fsp3) is 0.846. The molecule has 0 saturated heterocycles. The molecule has 0 spiro atoms. The zero-order chi connectivity index (χ0) is 14.5. The normalized spacial score (nSPS) is 23.4. The van der Waals surface area contributed by atoms with E-state index in [2.05, 4.69) is 24.5 Å². The Bertz CT molecular complexity index is 331. The van der Waals surface area contributed by atoms with Crippen molar-refractivity contribution in [3.63, 3.8) is 0 Å². The second-order valence-corrected chi connectivity index (χ2v) is 5.98. The van der Waals surface area contributed by atoms with Gasteiger partial charge in [0, 0.05) is 19.1 Å². The number of aliphatic hydroxyl groups is 1. The van der Waals surface area contributed by atoms with Crippen LogP contribution in [0.15, 0.2) is 0 Å². The van der Waals surface area contributed by atoms with Gasteiger partial charge in [-0.15, -0.1) is 0 Å². The second-order valence-electron chi connectivity index (χ2n) is 5.98. The van der Waals surface area contributed by atoms with E-state index >= 15 is 0 Å². The van der Waals surface area contributed by atoms with Crippen LogP contribution in [-0.2, 0) is 4.79 Å². The SMILES string of the molecule is CC1(C)CCCC(NC(=O)N[C@H](CCO)C(=O)O)C1. The summed E-state index contributed by atoms with van der Waals surface area (Å²) >= 11 is 0. The van der Waals surface area contributed by atoms with E-state index in [0.717, 1.165) is 25.7 Å². The highest BCUT2D eigenvalue weighted by atomic mass is 16.4. The summed E-state index contributed by atoms with van der Waals surface area (Å²) < 4.78 is 0. The van der Waals surface area contributed by atoms with Gasteiger partial charge < -0.3 is 20.8 Å². The largest absolute Gasteiger partial charge is 0.480 e. The summed E-state index contributed by atoms with van der Waals surface area (Å²) in [6.07, 6.45) is 4.05. The molecule has 1 saturated carbocycles. The number of carboxylic acid groups (broad SMARTS) is 1. The standard InChI is InChI=1S/C13H24N2O4/c1-13(2)6-3-4-9(8-13)14-12(19)15-10(5-7-16)11(17)18/h9-10,16H,3-8H2,1-2H3,(H,17,18)(H2,14,15,19)/t9?,10-/m1/s1. The summed E-state index contributed by atoms with van der Waals surface area (Å²) in [5, 5.41) is 22.8. The highest BCUT2D eigenvalue weighted by Gasteiger charge is 2.29. The van der Waals surface area contributed by atoms with Gasteiger partial charge in [-0.2, -0.15) is 0 Å². The van der Waals surface area contributed by atoms with E-state index in [1.54, 1.807) is 0 Å². The minimum Gasteiger partial charge on any atom is -0.480 e. The highest BCUT2D eigenvalue weighted by molar-refractivity contribution is 5.82. The summed E-state index contributed by atoms with van der Waals surface area (Å²) in [7, 11) is 0. The third kappa shape index (κ3) is 5.46. The highest BCUT2D eigenvalue weighted by Crippen LogP contribution is 2.34. The van der Waals surface area contributed by atoms with Crippen molar-refractivity contribution < 1.29 is 19.8 Å². The zero-order valence-electron chi connectivity index (χ0n) is 11.6. The smallest absolute Gasteiger partial charge is 0.326 e. The van der Waals surface area contributed by atoms with Crippen LogP contribution < -0.4 is 10.6 Å². The Morgan fingerprint density at radius 3 is 2.63 bits per heavy atom. The van der Waals surface area contributed by atoms with E-state index in [1.807, 2.05) is 0 Å². The number of nitrogens with one attached hydrogen (secondary N) is 2. The van der Waals surface area contributed by atoms with E-state index in [4.69, 9.17) is 10.2 Å². The van der Waals surface area contributed by atoms with Crippen LogP contribution in [0, 0.1) is 5.41 Å². The number of rotatable bonds is 5. The van der Waals surface area contributed by atoms with E-state index in [1.165, 1.54) is 0 Å². The number of hydrogen-bond acceptors (Lipinski definition) is 3. The lowest BCUT2D eigenvalue weighted by Gasteiger charge is -2.35. The summed E-state index contributed by atoms with van der Waals surface area (Å²) in [5.74, 6) is -1.13. The molecule has 0 heterocycles. The van der Waals surface area contributed by atoms with E-state index in [9.17, 15) is 9.59 Å². The maximum Gasteiger partial charge on any atom is 0.326 e. The lowest BCUT2D eigenvalue weighted by molar-refractivity contribution is -0.139. The molecule has 1 fully saturated rings. The molecule has 19 heavy (non-hydrogen) atoms. The Labute approximate surface area is 113 Å². The Kier molecular flexibility index (Phi) is 5.60. The maximum atomic E-state index is 11.7. The number of carbonyl (C=O) groups excluding carboxylic acids is 1. The van der Waals surface area contributed by atoms with E-state index in [-0.39, 0.29) is 24.5 Å². The topological polar surface area (TPSA) is 98.7 Å². The minimum absolute atomic E-state index is 0.0128. The lowest BCUT2D eigenvalue weighted by atomic mass is 9.75. The first-order valence-electron chi connectivity index (χ1n) is 6.75. The summed E-state index contributed by atoms with van der Waals surface area (Å²) in [5.41, 5.74) is 0.216. The van der Waals surface area contributed by atoms with Crippen LogP contribution in [0.4, 0.5) is 4.79 Å². The van der Waals surface area contributed by atoms with Crippen molar-refractivity contribution in [1.82, 2.24) is 10.6 Å². The Morgan fingerprint density at radius 1 is 1.42 bits per heavy atom. The number of carboxylic acids is 1. The fourth-order valence-electron chi connectivity index (χ4n) is 2.59. The average molecular weight is 272 g/mol. The van der Waals surface area contributed by atoms with Gasteiger partial charge in [0.2, 0.25) is 0 Å². The molecule has 2 atom stereocenters. The molecule has 0 aromatic carbocycles. The first-order chi connectivity index (χ1) is 8.84. The second kappa shape index (κ2) is 6.75. The summed E-state index contributed by atoms with van der Waals surface area (Å²) in [4.78, 5) is 22.6. The van der Waals surface area contributed by atoms with E-state index < -0.39 is 18.0 Å². The van der Waals surface area contributed by atoms with Crippen molar-refractivity contribution >= 4 is 12.0 Å². The summed E-state index contributed by atoms with van der Waals surface area (Å²) in [6.45, 7) is 4.07. The van der Waals surface area contributed by atoms with Crippen molar-refractivity contribution in [3.8, 4) is 0 Å². The molecule has 4 N–H and O–H groups in total. The van der Waals surface area contributed by atoms with Crippen molar-refractivity contribution in [3.05, 3.63) is 0 Å². The van der Waals surface area contributed by atoms with Gasteiger partial charge in [-0.1, -0.05) is 20.3 Å². The predicted octanol–water partition coefficient (Wildman–Crippen LogP) is 1.09. The van der Waals surface area contributed by atoms with Crippen LogP contribution in [0.25, 0.3) is 0 Å². The molecule has 1 aliphatic carbocycles. The molecule has 0 aromatic rings. The summed E-state index contributed by atoms with van der Waals surface area (Å²) in [6, 6.07) is -1.42. The van der Waals surface area contributed by atoms with Crippen molar-refractivity contribution in [2.24, 2.45) is 5.41 Å². The van der Waals surface area contributed by atoms with Crippen LogP contribution in [0.2, 0.25) is 0 Å². The molecule has 1 unspecified atom stereocenters. The molecule has 0 radical (unpaired) electrons. The molecular weight excluding hydrogens is 248 g/mol. The van der Waals surface area contributed by atoms with E-state index in [0.29, 0.717) is 0 Å². The number of aliphatic hydroxyl groups excluding tert-OH is 1. The van der Waals surface area contributed by atoms with Crippen molar-refractivity contribution in [2.75, 3.05) is 6.61 Å². The van der Waals surface area contributed by atoms with Gasteiger partial charge in [0.25, 0.3) is 0 Å². The number of hydrogen-bond donors (Lipinski definition) is 4. The minimum atomic E-state index is -1.13. The number of aliphatic carboxylic acids is 1. The molecule has 6 heteroatoms. The van der Waals surface area contributed by atoms with Gasteiger partial charge in [0.05, 0.1) is 0 Å². The van der Waals surface area contributed by atoms with Gasteiger partial charge >= 0.3 is 12.0 Å². The molecule has 0 bridgehead atoms. The lowest BCUT2D eigenvalue weighted by Crippen LogP contribution is -2.50. The van der Waals surface area contributed by atoms with Gasteiger partial charge in [0.1, 0.15) is 6.04 Å². The first kappa shape index (κ1) is 15.8. The predicted molar refractivity (Wildman–Crippen MR) is 70.8 cm³/mol. The fourth-order valence-corrected chi connectivity index (χ4v) is 2.59. The van der Waals surface area contributed by atoms with Gasteiger partial charge in [0.15, 0.2) is 0 Å². The van der Waals surface area contributed by atoms with Crippen LogP contribution in [0.1, 0.15) is 46.0 Å².